The fraction of sp³-hybridized carbons (Fsp3) is 0.421. The van der Waals surface area contributed by atoms with Crippen LogP contribution >= 0.6 is 0 Å². The van der Waals surface area contributed by atoms with Gasteiger partial charge in [0.15, 0.2) is 11.5 Å². The van der Waals surface area contributed by atoms with Crippen LogP contribution in [0.1, 0.15) is 19.3 Å². The Bertz CT molecular complexity index is 913. The first-order chi connectivity index (χ1) is 13.3. The number of aromatic amines is 1. The number of hydrogen-bond donors (Lipinski definition) is 3. The molecule has 1 aliphatic carbocycles. The molecule has 3 N–H and O–H groups in total. The van der Waals surface area contributed by atoms with Crippen LogP contribution in [0.3, 0.4) is 0 Å². The zero-order valence-electron chi connectivity index (χ0n) is 15.1. The van der Waals surface area contributed by atoms with Crippen molar-refractivity contribution in [3.8, 4) is 0 Å². The molecule has 0 amide bonds. The number of ether oxygens (including phenoxy) is 1. The molecular formula is C19H23N7O. The summed E-state index contributed by atoms with van der Waals surface area (Å²) in [4.78, 5) is 19.0. The Labute approximate surface area is 157 Å². The van der Waals surface area contributed by atoms with Gasteiger partial charge in [-0.05, 0) is 43.5 Å². The Hall–Kier alpha value is -2.87. The number of imidazole rings is 1. The summed E-state index contributed by atoms with van der Waals surface area (Å²) >= 11 is 0. The van der Waals surface area contributed by atoms with Gasteiger partial charge in [-0.1, -0.05) is 0 Å². The lowest BCUT2D eigenvalue weighted by atomic mass is 9.93. The van der Waals surface area contributed by atoms with E-state index in [4.69, 9.17) is 4.74 Å². The van der Waals surface area contributed by atoms with Crippen LogP contribution in [0.5, 0.6) is 0 Å². The number of morpholine rings is 1. The second-order valence-corrected chi connectivity index (χ2v) is 7.04. The van der Waals surface area contributed by atoms with Crippen LogP contribution < -0.4 is 15.5 Å². The summed E-state index contributed by atoms with van der Waals surface area (Å²) in [6.45, 7) is 3.44. The highest BCUT2D eigenvalue weighted by atomic mass is 16.5. The molecule has 2 aromatic heterocycles. The minimum atomic E-state index is 0.493. The van der Waals surface area contributed by atoms with E-state index < -0.39 is 0 Å². The monoisotopic (exact) mass is 365 g/mol. The van der Waals surface area contributed by atoms with E-state index in [1.807, 2.05) is 0 Å². The van der Waals surface area contributed by atoms with E-state index in [2.05, 4.69) is 59.7 Å². The van der Waals surface area contributed by atoms with Crippen molar-refractivity contribution in [1.82, 2.24) is 19.9 Å². The number of H-pyrrole nitrogens is 1. The summed E-state index contributed by atoms with van der Waals surface area (Å²) in [6, 6.07) is 8.85. The van der Waals surface area contributed by atoms with Gasteiger partial charge in [0.25, 0.3) is 0 Å². The molecule has 5 rings (SSSR count). The zero-order chi connectivity index (χ0) is 18.1. The quantitative estimate of drug-likeness (QED) is 0.640. The van der Waals surface area contributed by atoms with Crippen molar-refractivity contribution in [2.75, 3.05) is 41.8 Å². The van der Waals surface area contributed by atoms with Crippen LogP contribution in [-0.4, -0.2) is 52.3 Å². The highest BCUT2D eigenvalue weighted by Gasteiger charge is 2.20. The van der Waals surface area contributed by atoms with Crippen molar-refractivity contribution in [1.29, 1.82) is 0 Å². The van der Waals surface area contributed by atoms with E-state index in [1.165, 1.54) is 24.9 Å². The second-order valence-electron chi connectivity index (χ2n) is 7.04. The first kappa shape index (κ1) is 16.3. The van der Waals surface area contributed by atoms with Crippen LogP contribution in [0.25, 0.3) is 11.2 Å². The van der Waals surface area contributed by atoms with E-state index in [9.17, 15) is 0 Å². The Morgan fingerprint density at radius 3 is 2.63 bits per heavy atom. The number of fused-ring (bicyclic) bond motifs is 1. The molecule has 0 radical (unpaired) electrons. The van der Waals surface area contributed by atoms with Gasteiger partial charge in [-0.3, -0.25) is 0 Å². The van der Waals surface area contributed by atoms with Crippen LogP contribution in [-0.2, 0) is 4.74 Å². The number of anilines is 4. The number of rotatable bonds is 5. The fourth-order valence-electron chi connectivity index (χ4n) is 3.45. The van der Waals surface area contributed by atoms with Gasteiger partial charge in [-0.2, -0.15) is 9.97 Å². The number of nitrogens with zero attached hydrogens (tertiary/aromatic N) is 4. The lowest BCUT2D eigenvalue weighted by Gasteiger charge is -2.29. The number of hydrogen-bond acceptors (Lipinski definition) is 7. The maximum absolute atomic E-state index is 5.42. The molecule has 0 unspecified atom stereocenters. The number of benzene rings is 1. The summed E-state index contributed by atoms with van der Waals surface area (Å²) in [7, 11) is 0. The number of nitrogens with one attached hydrogen (secondary N) is 3. The highest BCUT2D eigenvalue weighted by Crippen LogP contribution is 2.27. The van der Waals surface area contributed by atoms with Crippen LogP contribution in [0.15, 0.2) is 30.6 Å². The topological polar surface area (TPSA) is 91.0 Å². The smallest absolute Gasteiger partial charge is 0.231 e. The van der Waals surface area contributed by atoms with Gasteiger partial charge in [-0.25, -0.2) is 4.98 Å². The van der Waals surface area contributed by atoms with E-state index in [0.29, 0.717) is 17.6 Å². The maximum atomic E-state index is 5.42. The summed E-state index contributed by atoms with van der Waals surface area (Å²) in [6.07, 6.45) is 5.30. The van der Waals surface area contributed by atoms with Gasteiger partial charge in [0.05, 0.1) is 19.5 Å². The van der Waals surface area contributed by atoms with Crippen molar-refractivity contribution in [3.63, 3.8) is 0 Å². The summed E-state index contributed by atoms with van der Waals surface area (Å²) in [5.74, 6) is 1.37. The maximum Gasteiger partial charge on any atom is 0.231 e. The number of aromatic nitrogens is 4. The molecule has 0 bridgehead atoms. The third-order valence-electron chi connectivity index (χ3n) is 5.23. The fourth-order valence-corrected chi connectivity index (χ4v) is 3.45. The minimum absolute atomic E-state index is 0.493. The Morgan fingerprint density at radius 2 is 1.89 bits per heavy atom. The molecule has 1 aliphatic heterocycles. The summed E-state index contributed by atoms with van der Waals surface area (Å²) in [5.41, 5.74) is 3.69. The molecule has 8 nitrogen and oxygen atoms in total. The molecular weight excluding hydrogens is 342 g/mol. The molecule has 1 saturated carbocycles. The van der Waals surface area contributed by atoms with E-state index in [-0.39, 0.29) is 0 Å². The third kappa shape index (κ3) is 3.40. The van der Waals surface area contributed by atoms with E-state index in [1.54, 1.807) is 6.33 Å². The molecule has 1 aromatic carbocycles. The molecule has 140 valence electrons. The Balaban J connectivity index is 1.35. The van der Waals surface area contributed by atoms with E-state index >= 15 is 0 Å². The first-order valence-corrected chi connectivity index (χ1v) is 9.52. The standard InChI is InChI=1S/C19H23N7O/c1-2-13(3-1)22-18-16-17(21-12-20-16)24-19(25-18)23-14-4-6-15(7-5-14)26-8-10-27-11-9-26/h4-7,12-13H,1-3,8-11H2,(H3,20,21,22,23,24,25). The van der Waals surface area contributed by atoms with Gasteiger partial charge < -0.3 is 25.3 Å². The van der Waals surface area contributed by atoms with Crippen molar-refractivity contribution >= 4 is 34.3 Å². The summed E-state index contributed by atoms with van der Waals surface area (Å²) < 4.78 is 5.42. The lowest BCUT2D eigenvalue weighted by Crippen LogP contribution is -2.36. The normalized spacial score (nSPS) is 17.7. The molecule has 8 heteroatoms. The molecule has 1 saturated heterocycles. The predicted octanol–water partition coefficient (Wildman–Crippen LogP) is 2.90. The van der Waals surface area contributed by atoms with Gasteiger partial charge in [0, 0.05) is 30.5 Å². The molecule has 0 atom stereocenters. The second kappa shape index (κ2) is 7.03. The largest absolute Gasteiger partial charge is 0.378 e. The Kier molecular flexibility index (Phi) is 4.25. The highest BCUT2D eigenvalue weighted by molar-refractivity contribution is 5.84. The van der Waals surface area contributed by atoms with Crippen molar-refractivity contribution < 1.29 is 4.74 Å². The molecule has 2 aliphatic rings. The third-order valence-corrected chi connectivity index (χ3v) is 5.23. The molecule has 0 spiro atoms. The predicted molar refractivity (Wildman–Crippen MR) is 106 cm³/mol. The summed E-state index contributed by atoms with van der Waals surface area (Å²) in [5, 5.41) is 6.81. The van der Waals surface area contributed by atoms with Crippen molar-refractivity contribution in [3.05, 3.63) is 30.6 Å². The van der Waals surface area contributed by atoms with Crippen LogP contribution in [0.2, 0.25) is 0 Å². The van der Waals surface area contributed by atoms with Gasteiger partial charge >= 0.3 is 0 Å². The minimum Gasteiger partial charge on any atom is -0.378 e. The first-order valence-electron chi connectivity index (χ1n) is 9.52. The van der Waals surface area contributed by atoms with Crippen molar-refractivity contribution in [2.45, 2.75) is 25.3 Å². The van der Waals surface area contributed by atoms with Gasteiger partial charge in [0.1, 0.15) is 5.52 Å². The average molecular weight is 365 g/mol. The van der Waals surface area contributed by atoms with Gasteiger partial charge in [-0.15, -0.1) is 0 Å². The SMILES string of the molecule is c1nc2nc(Nc3ccc(N4CCOCC4)cc3)nc(NC3CCC3)c2[nH]1. The Morgan fingerprint density at radius 1 is 1.07 bits per heavy atom. The van der Waals surface area contributed by atoms with Crippen molar-refractivity contribution in [2.24, 2.45) is 0 Å². The molecule has 3 aromatic rings. The van der Waals surface area contributed by atoms with Crippen LogP contribution in [0, 0.1) is 0 Å². The van der Waals surface area contributed by atoms with Crippen LogP contribution in [0.4, 0.5) is 23.1 Å². The molecule has 2 fully saturated rings. The lowest BCUT2D eigenvalue weighted by molar-refractivity contribution is 0.122. The molecule has 3 heterocycles. The molecule has 27 heavy (non-hydrogen) atoms. The zero-order valence-corrected chi connectivity index (χ0v) is 15.1. The average Bonchev–Trinajstić information content (AvgIpc) is 3.15. The van der Waals surface area contributed by atoms with Gasteiger partial charge in [0.2, 0.25) is 5.95 Å². The van der Waals surface area contributed by atoms with E-state index in [0.717, 1.165) is 43.3 Å².